The number of hydrogen-bond donors (Lipinski definition) is 2. The molecule has 1 aromatic carbocycles. The van der Waals surface area contributed by atoms with Crippen LogP contribution in [-0.4, -0.2) is 10.1 Å². The van der Waals surface area contributed by atoms with Crippen LogP contribution in [0.5, 0.6) is 0 Å². The van der Waals surface area contributed by atoms with Gasteiger partial charge in [-0.05, 0) is 42.0 Å². The van der Waals surface area contributed by atoms with Gasteiger partial charge in [0.25, 0.3) is 0 Å². The van der Waals surface area contributed by atoms with Crippen molar-refractivity contribution in [3.63, 3.8) is 0 Å². The van der Waals surface area contributed by atoms with Crippen LogP contribution in [0.3, 0.4) is 0 Å². The number of hydrogen-bond acceptors (Lipinski definition) is 3. The molecule has 3 heteroatoms. The third kappa shape index (κ3) is 2.76. The van der Waals surface area contributed by atoms with Crippen molar-refractivity contribution < 1.29 is 5.11 Å². The smallest absolute Gasteiger partial charge is 0.126 e. The lowest BCUT2D eigenvalue weighted by atomic mass is 10.1. The topological polar surface area (TPSA) is 45.1 Å². The molecule has 0 aliphatic heterocycles. The molecular weight excluding hydrogens is 236 g/mol. The van der Waals surface area contributed by atoms with Crippen LogP contribution in [0.1, 0.15) is 28.8 Å². The van der Waals surface area contributed by atoms with Crippen LogP contribution in [-0.2, 0) is 26.0 Å². The van der Waals surface area contributed by atoms with Crippen molar-refractivity contribution >= 4 is 5.82 Å². The highest BCUT2D eigenvalue weighted by molar-refractivity contribution is 5.41. The molecule has 2 N–H and O–H groups in total. The van der Waals surface area contributed by atoms with Crippen molar-refractivity contribution in [1.82, 2.24) is 4.98 Å². The number of benzene rings is 1. The zero-order chi connectivity index (χ0) is 13.1. The minimum absolute atomic E-state index is 0.0882. The van der Waals surface area contributed by atoms with E-state index in [-0.39, 0.29) is 6.61 Å². The van der Waals surface area contributed by atoms with Gasteiger partial charge < -0.3 is 10.4 Å². The fourth-order valence-electron chi connectivity index (χ4n) is 2.55. The number of aryl methyl sites for hydroxylation is 2. The van der Waals surface area contributed by atoms with Crippen LogP contribution in [0.15, 0.2) is 36.4 Å². The van der Waals surface area contributed by atoms with E-state index in [0.717, 1.165) is 29.9 Å². The summed E-state index contributed by atoms with van der Waals surface area (Å²) in [4.78, 5) is 4.65. The average molecular weight is 254 g/mol. The van der Waals surface area contributed by atoms with Gasteiger partial charge in [-0.25, -0.2) is 4.98 Å². The maximum absolute atomic E-state index is 9.12. The molecule has 0 atom stereocenters. The maximum atomic E-state index is 9.12. The predicted octanol–water partition coefficient (Wildman–Crippen LogP) is 2.67. The quantitative estimate of drug-likeness (QED) is 0.881. The number of anilines is 1. The first-order chi connectivity index (χ1) is 9.35. The Morgan fingerprint density at radius 3 is 2.89 bits per heavy atom. The summed E-state index contributed by atoms with van der Waals surface area (Å²) in [7, 11) is 0. The van der Waals surface area contributed by atoms with Crippen LogP contribution in [0.4, 0.5) is 5.82 Å². The Balaban J connectivity index is 1.68. The Labute approximate surface area is 113 Å². The van der Waals surface area contributed by atoms with E-state index in [2.05, 4.69) is 28.5 Å². The van der Waals surface area contributed by atoms with Crippen molar-refractivity contribution in [2.75, 3.05) is 5.32 Å². The Bertz CT molecular complexity index is 581. The molecule has 0 amide bonds. The Morgan fingerprint density at radius 2 is 2.00 bits per heavy atom. The molecule has 3 rings (SSSR count). The molecule has 0 fully saturated rings. The highest BCUT2D eigenvalue weighted by Crippen LogP contribution is 2.21. The molecule has 0 saturated carbocycles. The van der Waals surface area contributed by atoms with E-state index in [0.29, 0.717) is 0 Å². The minimum Gasteiger partial charge on any atom is -0.392 e. The summed E-state index contributed by atoms with van der Waals surface area (Å²) >= 11 is 0. The van der Waals surface area contributed by atoms with E-state index in [9.17, 15) is 0 Å². The molecule has 0 spiro atoms. The van der Waals surface area contributed by atoms with E-state index in [1.54, 1.807) is 0 Å². The molecule has 1 aliphatic carbocycles. The number of nitrogens with one attached hydrogen (secondary N) is 1. The van der Waals surface area contributed by atoms with Gasteiger partial charge in [-0.3, -0.25) is 0 Å². The van der Waals surface area contributed by atoms with Gasteiger partial charge in [0.15, 0.2) is 0 Å². The number of rotatable bonds is 4. The van der Waals surface area contributed by atoms with E-state index >= 15 is 0 Å². The predicted molar refractivity (Wildman–Crippen MR) is 76.0 cm³/mol. The van der Waals surface area contributed by atoms with Gasteiger partial charge in [-0.1, -0.05) is 30.3 Å². The summed E-state index contributed by atoms with van der Waals surface area (Å²) in [6.45, 7) is 0.824. The number of aliphatic hydroxyl groups is 1. The van der Waals surface area contributed by atoms with E-state index < -0.39 is 0 Å². The van der Waals surface area contributed by atoms with Gasteiger partial charge in [-0.15, -0.1) is 0 Å². The standard InChI is InChI=1S/C16H18N2O/c19-11-13-4-1-3-12(9-13)10-17-16-8-7-14-5-2-6-15(14)18-16/h1,3-4,7-9,19H,2,5-6,10-11H2,(H,17,18). The molecule has 19 heavy (non-hydrogen) atoms. The van der Waals surface area contributed by atoms with E-state index in [4.69, 9.17) is 5.11 Å². The van der Waals surface area contributed by atoms with Gasteiger partial charge in [0.2, 0.25) is 0 Å². The first-order valence-corrected chi connectivity index (χ1v) is 6.76. The van der Waals surface area contributed by atoms with Crippen molar-refractivity contribution in [1.29, 1.82) is 0 Å². The molecule has 0 saturated heterocycles. The average Bonchev–Trinajstić information content (AvgIpc) is 2.93. The van der Waals surface area contributed by atoms with E-state index in [1.807, 2.05) is 18.2 Å². The van der Waals surface area contributed by atoms with Gasteiger partial charge >= 0.3 is 0 Å². The zero-order valence-electron chi connectivity index (χ0n) is 10.9. The Hall–Kier alpha value is -1.87. The number of pyridine rings is 1. The van der Waals surface area contributed by atoms with Crippen LogP contribution < -0.4 is 5.32 Å². The summed E-state index contributed by atoms with van der Waals surface area (Å²) in [6, 6.07) is 12.2. The van der Waals surface area contributed by atoms with Gasteiger partial charge in [0.1, 0.15) is 5.82 Å². The summed E-state index contributed by atoms with van der Waals surface area (Å²) < 4.78 is 0. The number of nitrogens with zero attached hydrogens (tertiary/aromatic N) is 1. The fourth-order valence-corrected chi connectivity index (χ4v) is 2.55. The molecule has 1 aromatic heterocycles. The first-order valence-electron chi connectivity index (χ1n) is 6.76. The largest absolute Gasteiger partial charge is 0.392 e. The SMILES string of the molecule is OCc1cccc(CNc2ccc3c(n2)CCC3)c1. The normalized spacial score (nSPS) is 13.3. The van der Waals surface area contributed by atoms with Crippen molar-refractivity contribution in [3.05, 3.63) is 58.8 Å². The summed E-state index contributed by atoms with van der Waals surface area (Å²) in [6.07, 6.45) is 3.50. The lowest BCUT2D eigenvalue weighted by molar-refractivity contribution is 0.281. The molecule has 0 radical (unpaired) electrons. The molecular formula is C16H18N2O. The van der Waals surface area contributed by atoms with Crippen LogP contribution >= 0.6 is 0 Å². The molecule has 0 unspecified atom stereocenters. The third-order valence-electron chi connectivity index (χ3n) is 3.58. The Morgan fingerprint density at radius 1 is 1.11 bits per heavy atom. The van der Waals surface area contributed by atoms with Gasteiger partial charge in [0, 0.05) is 12.2 Å². The highest BCUT2D eigenvalue weighted by atomic mass is 16.3. The Kier molecular flexibility index (Phi) is 3.47. The monoisotopic (exact) mass is 254 g/mol. The minimum atomic E-state index is 0.0882. The second-order valence-corrected chi connectivity index (χ2v) is 4.99. The van der Waals surface area contributed by atoms with Crippen LogP contribution in [0, 0.1) is 0 Å². The summed E-state index contributed by atoms with van der Waals surface area (Å²) in [5, 5.41) is 12.5. The number of fused-ring (bicyclic) bond motifs is 1. The molecule has 0 bridgehead atoms. The highest BCUT2D eigenvalue weighted by Gasteiger charge is 2.12. The summed E-state index contributed by atoms with van der Waals surface area (Å²) in [5.74, 6) is 0.940. The number of aromatic nitrogens is 1. The van der Waals surface area contributed by atoms with Gasteiger partial charge in [0.05, 0.1) is 6.61 Å². The molecule has 2 aromatic rings. The molecule has 3 nitrogen and oxygen atoms in total. The number of aliphatic hydroxyl groups excluding tert-OH is 1. The van der Waals surface area contributed by atoms with Crippen molar-refractivity contribution in [2.45, 2.75) is 32.4 Å². The molecule has 98 valence electrons. The molecule has 1 aliphatic rings. The van der Waals surface area contributed by atoms with Crippen molar-refractivity contribution in [3.8, 4) is 0 Å². The second-order valence-electron chi connectivity index (χ2n) is 4.99. The lowest BCUT2D eigenvalue weighted by Crippen LogP contribution is -2.03. The third-order valence-corrected chi connectivity index (χ3v) is 3.58. The maximum Gasteiger partial charge on any atom is 0.126 e. The van der Waals surface area contributed by atoms with Gasteiger partial charge in [-0.2, -0.15) is 0 Å². The second kappa shape index (κ2) is 5.41. The van der Waals surface area contributed by atoms with Crippen LogP contribution in [0.2, 0.25) is 0 Å². The van der Waals surface area contributed by atoms with Crippen molar-refractivity contribution in [2.24, 2.45) is 0 Å². The lowest BCUT2D eigenvalue weighted by Gasteiger charge is -2.08. The van der Waals surface area contributed by atoms with E-state index in [1.165, 1.54) is 24.1 Å². The van der Waals surface area contributed by atoms with Crippen LogP contribution in [0.25, 0.3) is 0 Å². The molecule has 1 heterocycles. The first kappa shape index (κ1) is 12.2. The fraction of sp³-hybridized carbons (Fsp3) is 0.312. The zero-order valence-corrected chi connectivity index (χ0v) is 10.9. The summed E-state index contributed by atoms with van der Waals surface area (Å²) in [5.41, 5.74) is 4.75.